The molecule has 3 nitrogen and oxygen atoms in total. The van der Waals surface area contributed by atoms with E-state index in [0.717, 1.165) is 26.2 Å². The molecule has 1 heterocycles. The van der Waals surface area contributed by atoms with E-state index in [2.05, 4.69) is 50.4 Å². The first-order valence-corrected chi connectivity index (χ1v) is 7.24. The minimum Gasteiger partial charge on any atom is -0.376 e. The zero-order valence-corrected chi connectivity index (χ0v) is 12.2. The van der Waals surface area contributed by atoms with Crippen LogP contribution in [0.5, 0.6) is 0 Å². The van der Waals surface area contributed by atoms with Gasteiger partial charge in [0.05, 0.1) is 25.4 Å². The average Bonchev–Trinajstić information content (AvgIpc) is 2.36. The predicted octanol–water partition coefficient (Wildman–Crippen LogP) is 2.84. The Morgan fingerprint density at radius 2 is 2.00 bits per heavy atom. The van der Waals surface area contributed by atoms with E-state index in [1.54, 1.807) is 0 Å². The molecule has 3 heteroatoms. The number of benzene rings is 1. The second-order valence-electron chi connectivity index (χ2n) is 5.34. The van der Waals surface area contributed by atoms with Gasteiger partial charge in [0, 0.05) is 0 Å². The highest BCUT2D eigenvalue weighted by molar-refractivity contribution is 5.25. The van der Waals surface area contributed by atoms with E-state index in [1.807, 2.05) is 0 Å². The van der Waals surface area contributed by atoms with Crippen LogP contribution in [0.2, 0.25) is 0 Å². The van der Waals surface area contributed by atoms with Crippen molar-refractivity contribution in [2.75, 3.05) is 19.8 Å². The van der Waals surface area contributed by atoms with Crippen LogP contribution in [0.15, 0.2) is 24.3 Å². The minimum absolute atomic E-state index is 0.156. The molecule has 1 aromatic carbocycles. The van der Waals surface area contributed by atoms with E-state index in [-0.39, 0.29) is 18.2 Å². The lowest BCUT2D eigenvalue weighted by atomic mass is 10.0. The Morgan fingerprint density at radius 3 is 2.53 bits per heavy atom. The summed E-state index contributed by atoms with van der Waals surface area (Å²) in [5.41, 5.74) is 2.59. The molecule has 1 fully saturated rings. The molecule has 1 N–H and O–H groups in total. The van der Waals surface area contributed by atoms with Gasteiger partial charge in [0.15, 0.2) is 0 Å². The van der Waals surface area contributed by atoms with Gasteiger partial charge in [-0.1, -0.05) is 36.8 Å². The number of hydrogen-bond acceptors (Lipinski definition) is 3. The molecule has 19 heavy (non-hydrogen) atoms. The summed E-state index contributed by atoms with van der Waals surface area (Å²) in [6.07, 6.45) is 1.55. The molecule has 1 aromatic rings. The zero-order valence-electron chi connectivity index (χ0n) is 12.2. The van der Waals surface area contributed by atoms with Crippen LogP contribution in [0.3, 0.4) is 0 Å². The molecular formula is C16H25NO2. The van der Waals surface area contributed by atoms with Crippen molar-refractivity contribution in [3.8, 4) is 0 Å². The molecular weight excluding hydrogens is 238 g/mol. The molecule has 0 aliphatic carbocycles. The van der Waals surface area contributed by atoms with Crippen LogP contribution in [-0.2, 0) is 9.47 Å². The summed E-state index contributed by atoms with van der Waals surface area (Å²) in [7, 11) is 0. The van der Waals surface area contributed by atoms with Crippen LogP contribution < -0.4 is 5.32 Å². The van der Waals surface area contributed by atoms with Crippen molar-refractivity contribution in [1.29, 1.82) is 0 Å². The summed E-state index contributed by atoms with van der Waals surface area (Å²) < 4.78 is 11.2. The fourth-order valence-electron chi connectivity index (χ4n) is 2.30. The second kappa shape index (κ2) is 7.04. The first-order valence-electron chi connectivity index (χ1n) is 7.24. The third-order valence-electron chi connectivity index (χ3n) is 3.53. The normalized spacial score (nSPS) is 18.9. The Bertz CT molecular complexity index is 373. The maximum absolute atomic E-state index is 6.04. The van der Waals surface area contributed by atoms with Gasteiger partial charge in [0.1, 0.15) is 6.10 Å². The lowest BCUT2D eigenvalue weighted by molar-refractivity contribution is -0.157. The van der Waals surface area contributed by atoms with Gasteiger partial charge in [-0.3, -0.25) is 0 Å². The van der Waals surface area contributed by atoms with Crippen molar-refractivity contribution < 1.29 is 9.47 Å². The molecule has 0 aromatic heterocycles. The number of aryl methyl sites for hydroxylation is 1. The fraction of sp³-hybridized carbons (Fsp3) is 0.625. The predicted molar refractivity (Wildman–Crippen MR) is 77.4 cm³/mol. The van der Waals surface area contributed by atoms with E-state index >= 15 is 0 Å². The Hall–Kier alpha value is -0.900. The van der Waals surface area contributed by atoms with E-state index in [4.69, 9.17) is 9.47 Å². The maximum Gasteiger partial charge on any atom is 0.105 e. The smallest absolute Gasteiger partial charge is 0.105 e. The third kappa shape index (κ3) is 4.03. The van der Waals surface area contributed by atoms with Crippen molar-refractivity contribution in [3.63, 3.8) is 0 Å². The number of rotatable bonds is 7. The number of hydrogen-bond donors (Lipinski definition) is 1. The summed E-state index contributed by atoms with van der Waals surface area (Å²) >= 11 is 0. The van der Waals surface area contributed by atoms with E-state index in [0.29, 0.717) is 0 Å². The lowest BCUT2D eigenvalue weighted by Gasteiger charge is -2.33. The second-order valence-corrected chi connectivity index (χ2v) is 5.34. The molecule has 2 atom stereocenters. The SMILES string of the molecule is CCCNC(c1ccc(C)cc1)C(C)OC1COC1. The summed E-state index contributed by atoms with van der Waals surface area (Å²) in [6.45, 7) is 8.92. The minimum atomic E-state index is 0.156. The van der Waals surface area contributed by atoms with Gasteiger partial charge >= 0.3 is 0 Å². The van der Waals surface area contributed by atoms with Gasteiger partial charge < -0.3 is 14.8 Å². The quantitative estimate of drug-likeness (QED) is 0.820. The van der Waals surface area contributed by atoms with Crippen molar-refractivity contribution >= 4 is 0 Å². The van der Waals surface area contributed by atoms with Crippen molar-refractivity contribution in [2.24, 2.45) is 0 Å². The highest BCUT2D eigenvalue weighted by atomic mass is 16.6. The molecule has 0 radical (unpaired) electrons. The first-order chi connectivity index (χ1) is 9.20. The zero-order chi connectivity index (χ0) is 13.7. The largest absolute Gasteiger partial charge is 0.376 e. The molecule has 0 spiro atoms. The summed E-state index contributed by atoms with van der Waals surface area (Å²) in [6, 6.07) is 8.96. The first kappa shape index (κ1) is 14.5. The Morgan fingerprint density at radius 1 is 1.32 bits per heavy atom. The average molecular weight is 263 g/mol. The lowest BCUT2D eigenvalue weighted by Crippen LogP contribution is -2.42. The van der Waals surface area contributed by atoms with E-state index < -0.39 is 0 Å². The van der Waals surface area contributed by atoms with Gasteiger partial charge in [0.25, 0.3) is 0 Å². The Kier molecular flexibility index (Phi) is 5.37. The third-order valence-corrected chi connectivity index (χ3v) is 3.53. The van der Waals surface area contributed by atoms with Gasteiger partial charge in [-0.25, -0.2) is 0 Å². The summed E-state index contributed by atoms with van der Waals surface area (Å²) in [4.78, 5) is 0. The molecule has 106 valence electrons. The molecule has 1 aliphatic heterocycles. The van der Waals surface area contributed by atoms with Gasteiger partial charge in [-0.2, -0.15) is 0 Å². The van der Waals surface area contributed by atoms with Crippen molar-refractivity contribution in [1.82, 2.24) is 5.32 Å². The molecule has 1 aliphatic rings. The van der Waals surface area contributed by atoms with Crippen LogP contribution in [0.4, 0.5) is 0 Å². The maximum atomic E-state index is 6.04. The highest BCUT2D eigenvalue weighted by Crippen LogP contribution is 2.22. The Balaban J connectivity index is 2.02. The summed E-state index contributed by atoms with van der Waals surface area (Å²) in [5.74, 6) is 0. The van der Waals surface area contributed by atoms with E-state index in [1.165, 1.54) is 11.1 Å². The van der Waals surface area contributed by atoms with Gasteiger partial charge in [-0.15, -0.1) is 0 Å². The molecule has 0 bridgehead atoms. The highest BCUT2D eigenvalue weighted by Gasteiger charge is 2.26. The van der Waals surface area contributed by atoms with Crippen molar-refractivity contribution in [3.05, 3.63) is 35.4 Å². The van der Waals surface area contributed by atoms with Crippen LogP contribution in [0.25, 0.3) is 0 Å². The monoisotopic (exact) mass is 263 g/mol. The molecule has 2 rings (SSSR count). The van der Waals surface area contributed by atoms with Gasteiger partial charge in [-0.05, 0) is 32.4 Å². The molecule has 1 saturated heterocycles. The fourth-order valence-corrected chi connectivity index (χ4v) is 2.30. The van der Waals surface area contributed by atoms with Crippen LogP contribution in [0, 0.1) is 6.92 Å². The number of nitrogens with one attached hydrogen (secondary N) is 1. The topological polar surface area (TPSA) is 30.5 Å². The van der Waals surface area contributed by atoms with E-state index in [9.17, 15) is 0 Å². The molecule has 0 saturated carbocycles. The Labute approximate surface area is 116 Å². The van der Waals surface area contributed by atoms with Crippen LogP contribution in [-0.4, -0.2) is 32.0 Å². The van der Waals surface area contributed by atoms with Gasteiger partial charge in [0.2, 0.25) is 0 Å². The van der Waals surface area contributed by atoms with Crippen LogP contribution >= 0.6 is 0 Å². The van der Waals surface area contributed by atoms with Crippen LogP contribution in [0.1, 0.15) is 37.4 Å². The molecule has 0 amide bonds. The standard InChI is InChI=1S/C16H25NO2/c1-4-9-17-16(13(3)19-15-10-18-11-15)14-7-5-12(2)6-8-14/h5-8,13,15-17H,4,9-11H2,1-3H3. The summed E-state index contributed by atoms with van der Waals surface area (Å²) in [5, 5.41) is 3.59. The number of ether oxygens (including phenoxy) is 2. The molecule has 2 unspecified atom stereocenters. The van der Waals surface area contributed by atoms with Crippen molar-refractivity contribution in [2.45, 2.75) is 45.4 Å².